The van der Waals surface area contributed by atoms with Crippen molar-refractivity contribution < 1.29 is 0 Å². The van der Waals surface area contributed by atoms with E-state index in [1.54, 1.807) is 6.33 Å². The molecule has 0 spiro atoms. The Hall–Kier alpha value is -1.32. The zero-order valence-corrected chi connectivity index (χ0v) is 12.6. The van der Waals surface area contributed by atoms with Gasteiger partial charge < -0.3 is 10.6 Å². The van der Waals surface area contributed by atoms with Gasteiger partial charge in [0.15, 0.2) is 0 Å². The van der Waals surface area contributed by atoms with Gasteiger partial charge in [0, 0.05) is 19.2 Å². The van der Waals surface area contributed by atoms with Gasteiger partial charge in [-0.25, -0.2) is 9.97 Å². The third-order valence-electron chi connectivity index (χ3n) is 4.49. The number of aromatic nitrogens is 2. The van der Waals surface area contributed by atoms with Crippen molar-refractivity contribution in [2.45, 2.75) is 52.4 Å². The lowest BCUT2D eigenvalue weighted by atomic mass is 9.67. The Morgan fingerprint density at radius 3 is 2.42 bits per heavy atom. The van der Waals surface area contributed by atoms with Gasteiger partial charge in [0.25, 0.3) is 0 Å². The molecule has 106 valence electrons. The SMILES string of the molecule is CCC1(CNc2ncnc(NC)c2C(C)C)CCC1. The standard InChI is InChI=1S/C15H26N4/c1-5-15(7-6-8-15)9-17-14-12(11(2)3)13(16-4)18-10-19-14/h10-11H,5-9H2,1-4H3,(H2,16,17,18,19). The molecule has 0 bridgehead atoms. The summed E-state index contributed by atoms with van der Waals surface area (Å²) in [4.78, 5) is 8.76. The Morgan fingerprint density at radius 2 is 1.95 bits per heavy atom. The molecule has 1 fully saturated rings. The molecular formula is C15H26N4. The average molecular weight is 262 g/mol. The molecule has 1 saturated carbocycles. The van der Waals surface area contributed by atoms with E-state index < -0.39 is 0 Å². The van der Waals surface area contributed by atoms with Crippen molar-refractivity contribution in [2.24, 2.45) is 5.41 Å². The summed E-state index contributed by atoms with van der Waals surface area (Å²) in [5, 5.41) is 6.74. The lowest BCUT2D eigenvalue weighted by Gasteiger charge is -2.41. The summed E-state index contributed by atoms with van der Waals surface area (Å²) < 4.78 is 0. The van der Waals surface area contributed by atoms with Gasteiger partial charge in [-0.05, 0) is 30.6 Å². The first-order valence-electron chi connectivity index (χ1n) is 7.38. The summed E-state index contributed by atoms with van der Waals surface area (Å²) in [6.45, 7) is 7.69. The van der Waals surface area contributed by atoms with Crippen LogP contribution in [0.3, 0.4) is 0 Å². The average Bonchev–Trinajstić information content (AvgIpc) is 2.37. The molecule has 0 aromatic carbocycles. The van der Waals surface area contributed by atoms with Crippen LogP contribution >= 0.6 is 0 Å². The maximum absolute atomic E-state index is 4.44. The van der Waals surface area contributed by atoms with Crippen LogP contribution in [0.2, 0.25) is 0 Å². The van der Waals surface area contributed by atoms with E-state index in [-0.39, 0.29) is 0 Å². The molecule has 0 saturated heterocycles. The molecule has 1 aliphatic carbocycles. The second kappa shape index (κ2) is 5.76. The van der Waals surface area contributed by atoms with Gasteiger partial charge in [-0.2, -0.15) is 0 Å². The molecule has 1 heterocycles. The van der Waals surface area contributed by atoms with Crippen molar-refractivity contribution in [3.8, 4) is 0 Å². The Kier molecular flexibility index (Phi) is 4.27. The third kappa shape index (κ3) is 2.82. The Bertz CT molecular complexity index is 419. The van der Waals surface area contributed by atoms with E-state index in [1.807, 2.05) is 7.05 Å². The number of nitrogens with one attached hydrogen (secondary N) is 2. The third-order valence-corrected chi connectivity index (χ3v) is 4.49. The summed E-state index contributed by atoms with van der Waals surface area (Å²) in [6, 6.07) is 0. The number of rotatable bonds is 6. The zero-order chi connectivity index (χ0) is 13.9. The fourth-order valence-electron chi connectivity index (χ4n) is 2.89. The highest BCUT2D eigenvalue weighted by Crippen LogP contribution is 2.44. The topological polar surface area (TPSA) is 49.8 Å². The predicted molar refractivity (Wildman–Crippen MR) is 80.7 cm³/mol. The summed E-state index contributed by atoms with van der Waals surface area (Å²) in [7, 11) is 1.91. The fraction of sp³-hybridized carbons (Fsp3) is 0.733. The van der Waals surface area contributed by atoms with Gasteiger partial charge in [-0.15, -0.1) is 0 Å². The predicted octanol–water partition coefficient (Wildman–Crippen LogP) is 3.63. The number of hydrogen-bond donors (Lipinski definition) is 2. The van der Waals surface area contributed by atoms with Crippen LogP contribution < -0.4 is 10.6 Å². The van der Waals surface area contributed by atoms with Crippen molar-refractivity contribution in [1.29, 1.82) is 0 Å². The molecule has 1 aliphatic rings. The number of anilines is 2. The van der Waals surface area contributed by atoms with Gasteiger partial charge in [0.2, 0.25) is 0 Å². The second-order valence-electron chi connectivity index (χ2n) is 5.95. The van der Waals surface area contributed by atoms with Crippen LogP contribution in [0.15, 0.2) is 6.33 Å². The normalized spacial score (nSPS) is 17.1. The molecule has 4 nitrogen and oxygen atoms in total. The highest BCUT2D eigenvalue weighted by Gasteiger charge is 2.35. The maximum atomic E-state index is 4.44. The van der Waals surface area contributed by atoms with Gasteiger partial charge in [0.1, 0.15) is 18.0 Å². The lowest BCUT2D eigenvalue weighted by molar-refractivity contribution is 0.145. The minimum Gasteiger partial charge on any atom is -0.373 e. The molecular weight excluding hydrogens is 236 g/mol. The van der Waals surface area contributed by atoms with Crippen molar-refractivity contribution in [1.82, 2.24) is 9.97 Å². The molecule has 2 rings (SSSR count). The van der Waals surface area contributed by atoms with Crippen molar-refractivity contribution >= 4 is 11.6 Å². The van der Waals surface area contributed by atoms with Gasteiger partial charge >= 0.3 is 0 Å². The first-order chi connectivity index (χ1) is 9.12. The minimum absolute atomic E-state index is 0.408. The molecule has 1 aromatic rings. The van der Waals surface area contributed by atoms with Crippen LogP contribution in [0.25, 0.3) is 0 Å². The summed E-state index contributed by atoms with van der Waals surface area (Å²) >= 11 is 0. The van der Waals surface area contributed by atoms with Crippen molar-refractivity contribution in [2.75, 3.05) is 24.2 Å². The quantitative estimate of drug-likeness (QED) is 0.822. The molecule has 2 N–H and O–H groups in total. The van der Waals surface area contributed by atoms with Crippen LogP contribution in [0.4, 0.5) is 11.6 Å². The van der Waals surface area contributed by atoms with Gasteiger partial charge in [0.05, 0.1) is 0 Å². The van der Waals surface area contributed by atoms with E-state index >= 15 is 0 Å². The fourth-order valence-corrected chi connectivity index (χ4v) is 2.89. The smallest absolute Gasteiger partial charge is 0.135 e. The van der Waals surface area contributed by atoms with E-state index in [4.69, 9.17) is 0 Å². The molecule has 0 amide bonds. The highest BCUT2D eigenvalue weighted by atomic mass is 15.1. The first-order valence-corrected chi connectivity index (χ1v) is 7.38. The van der Waals surface area contributed by atoms with Crippen LogP contribution in [0, 0.1) is 5.41 Å². The van der Waals surface area contributed by atoms with Gasteiger partial charge in [-0.1, -0.05) is 27.2 Å². The zero-order valence-electron chi connectivity index (χ0n) is 12.6. The van der Waals surface area contributed by atoms with Crippen LogP contribution in [-0.2, 0) is 0 Å². The van der Waals surface area contributed by atoms with E-state index in [9.17, 15) is 0 Å². The molecule has 0 atom stereocenters. The van der Waals surface area contributed by atoms with Crippen molar-refractivity contribution in [3.05, 3.63) is 11.9 Å². The van der Waals surface area contributed by atoms with Gasteiger partial charge in [-0.3, -0.25) is 0 Å². The molecule has 0 aliphatic heterocycles. The summed E-state index contributed by atoms with van der Waals surface area (Å²) in [5.74, 6) is 2.34. The first kappa shape index (κ1) is 14.1. The van der Waals surface area contributed by atoms with E-state index in [0.717, 1.165) is 18.2 Å². The van der Waals surface area contributed by atoms with E-state index in [0.29, 0.717) is 11.3 Å². The molecule has 19 heavy (non-hydrogen) atoms. The summed E-state index contributed by atoms with van der Waals surface area (Å²) in [5.41, 5.74) is 1.69. The molecule has 0 unspecified atom stereocenters. The Labute approximate surface area is 116 Å². The summed E-state index contributed by atoms with van der Waals surface area (Å²) in [6.07, 6.45) is 6.95. The van der Waals surface area contributed by atoms with Crippen LogP contribution in [-0.4, -0.2) is 23.6 Å². The monoisotopic (exact) mass is 262 g/mol. The molecule has 1 aromatic heterocycles. The lowest BCUT2D eigenvalue weighted by Crippen LogP contribution is -2.36. The minimum atomic E-state index is 0.408. The largest absolute Gasteiger partial charge is 0.373 e. The maximum Gasteiger partial charge on any atom is 0.135 e. The highest BCUT2D eigenvalue weighted by molar-refractivity contribution is 5.58. The number of nitrogens with zero attached hydrogens (tertiary/aromatic N) is 2. The Balaban J connectivity index is 2.15. The second-order valence-corrected chi connectivity index (χ2v) is 5.95. The van der Waals surface area contributed by atoms with E-state index in [2.05, 4.69) is 41.4 Å². The number of hydrogen-bond acceptors (Lipinski definition) is 4. The molecule has 4 heteroatoms. The van der Waals surface area contributed by atoms with Crippen molar-refractivity contribution in [3.63, 3.8) is 0 Å². The van der Waals surface area contributed by atoms with E-state index in [1.165, 1.54) is 31.2 Å². The molecule has 0 radical (unpaired) electrons. The van der Waals surface area contributed by atoms with Crippen LogP contribution in [0.1, 0.15) is 57.9 Å². The van der Waals surface area contributed by atoms with Crippen LogP contribution in [0.5, 0.6) is 0 Å². The Morgan fingerprint density at radius 1 is 1.26 bits per heavy atom.